The third kappa shape index (κ3) is 3.45. The number of carbonyl (C=O) groups excluding carboxylic acids is 1. The molecule has 22 heavy (non-hydrogen) atoms. The number of hydrogen-bond donors (Lipinski definition) is 5. The summed E-state index contributed by atoms with van der Waals surface area (Å²) in [6.07, 6.45) is -1.89. The normalized spacial score (nSPS) is 29.6. The first-order valence-corrected chi connectivity index (χ1v) is 7.19. The average Bonchev–Trinajstić information content (AvgIpc) is 3.05. The highest BCUT2D eigenvalue weighted by Gasteiger charge is 2.48. The third-order valence-corrected chi connectivity index (χ3v) is 3.54. The van der Waals surface area contributed by atoms with E-state index in [1.165, 1.54) is 6.20 Å². The van der Waals surface area contributed by atoms with Crippen LogP contribution in [0.2, 0.25) is 0 Å². The van der Waals surface area contributed by atoms with E-state index < -0.39 is 36.6 Å². The zero-order valence-corrected chi connectivity index (χ0v) is 12.3. The molecule has 9 nitrogen and oxygen atoms in total. The number of unbranched alkanes of at least 4 members (excludes halogenated alkanes) is 1. The maximum atomic E-state index is 11.1. The SMILES string of the molecule is CCCCO[C@@H]1[C@H](O)[C@@H](C(N)O)O[C@H]1c1nc(C(N)=O)c[nH]1. The van der Waals surface area contributed by atoms with E-state index in [0.717, 1.165) is 12.8 Å². The van der Waals surface area contributed by atoms with Crippen LogP contribution in [0.15, 0.2) is 6.20 Å². The molecule has 0 radical (unpaired) electrons. The van der Waals surface area contributed by atoms with Crippen molar-refractivity contribution < 1.29 is 24.5 Å². The lowest BCUT2D eigenvalue weighted by molar-refractivity contribution is -0.0648. The van der Waals surface area contributed by atoms with Crippen LogP contribution in [0.5, 0.6) is 0 Å². The first-order chi connectivity index (χ1) is 10.5. The van der Waals surface area contributed by atoms with Gasteiger partial charge in [-0.2, -0.15) is 0 Å². The lowest BCUT2D eigenvalue weighted by Gasteiger charge is -2.20. The molecule has 2 rings (SSSR count). The number of H-pyrrole nitrogens is 1. The Labute approximate surface area is 127 Å². The van der Waals surface area contributed by atoms with E-state index >= 15 is 0 Å². The third-order valence-electron chi connectivity index (χ3n) is 3.54. The summed E-state index contributed by atoms with van der Waals surface area (Å²) < 4.78 is 11.2. The Morgan fingerprint density at radius 3 is 2.91 bits per heavy atom. The standard InChI is InChI=1S/C13H22N4O5/c1-2-3-4-21-8-7(18)9(12(15)20)22-10(8)13-16-5-6(17-13)11(14)19/h5,7-10,12,18,20H,2-4,15H2,1H3,(H2,14,19)(H,16,17)/t7-,8+,9-,10+,12?/m0/s1. The van der Waals surface area contributed by atoms with Gasteiger partial charge in [-0.1, -0.05) is 13.3 Å². The minimum absolute atomic E-state index is 0.0529. The number of rotatable bonds is 7. The van der Waals surface area contributed by atoms with E-state index in [0.29, 0.717) is 6.61 Å². The number of aromatic amines is 1. The van der Waals surface area contributed by atoms with Crippen molar-refractivity contribution in [2.24, 2.45) is 11.5 Å². The second kappa shape index (κ2) is 7.16. The van der Waals surface area contributed by atoms with Gasteiger partial charge in [-0.3, -0.25) is 4.79 Å². The number of imidazole rings is 1. The van der Waals surface area contributed by atoms with Crippen LogP contribution in [0.4, 0.5) is 0 Å². The number of primary amides is 1. The molecule has 1 aromatic heterocycles. The molecule has 1 saturated heterocycles. The van der Waals surface area contributed by atoms with Crippen LogP contribution in [0.3, 0.4) is 0 Å². The Morgan fingerprint density at radius 1 is 1.64 bits per heavy atom. The molecule has 0 saturated carbocycles. The number of aliphatic hydroxyl groups excluding tert-OH is 2. The lowest BCUT2D eigenvalue weighted by Crippen LogP contribution is -2.44. The minimum atomic E-state index is -1.36. The smallest absolute Gasteiger partial charge is 0.268 e. The van der Waals surface area contributed by atoms with Crippen molar-refractivity contribution in [3.05, 3.63) is 17.7 Å². The molecule has 1 unspecified atom stereocenters. The molecule has 0 aromatic carbocycles. The summed E-state index contributed by atoms with van der Waals surface area (Å²) >= 11 is 0. The van der Waals surface area contributed by atoms with Crippen LogP contribution in [0.1, 0.15) is 42.2 Å². The monoisotopic (exact) mass is 314 g/mol. The molecular weight excluding hydrogens is 292 g/mol. The summed E-state index contributed by atoms with van der Waals surface area (Å²) in [5.41, 5.74) is 10.6. The van der Waals surface area contributed by atoms with Gasteiger partial charge in [0.2, 0.25) is 0 Å². The number of nitrogens with one attached hydrogen (secondary N) is 1. The van der Waals surface area contributed by atoms with Gasteiger partial charge in [0.15, 0.2) is 0 Å². The van der Waals surface area contributed by atoms with Crippen molar-refractivity contribution in [1.82, 2.24) is 9.97 Å². The van der Waals surface area contributed by atoms with Gasteiger partial charge in [0.1, 0.15) is 42.2 Å². The van der Waals surface area contributed by atoms with Gasteiger partial charge in [-0.15, -0.1) is 0 Å². The molecule has 9 heteroatoms. The van der Waals surface area contributed by atoms with Crippen LogP contribution in [-0.4, -0.2) is 57.2 Å². The van der Waals surface area contributed by atoms with Crippen molar-refractivity contribution in [3.63, 3.8) is 0 Å². The van der Waals surface area contributed by atoms with E-state index in [9.17, 15) is 15.0 Å². The number of nitrogens with zero attached hydrogens (tertiary/aromatic N) is 1. The highest BCUT2D eigenvalue weighted by Crippen LogP contribution is 2.35. The Kier molecular flexibility index (Phi) is 5.48. The Balaban J connectivity index is 2.18. The molecule has 5 atom stereocenters. The first kappa shape index (κ1) is 16.8. The predicted octanol–water partition coefficient (Wildman–Crippen LogP) is -1.23. The fourth-order valence-electron chi connectivity index (χ4n) is 2.35. The van der Waals surface area contributed by atoms with Crippen molar-refractivity contribution >= 4 is 5.91 Å². The number of carbonyl (C=O) groups is 1. The summed E-state index contributed by atoms with van der Waals surface area (Å²) in [5.74, 6) is -0.391. The molecule has 0 spiro atoms. The number of aliphatic hydroxyl groups is 2. The highest BCUT2D eigenvalue weighted by atomic mass is 16.6. The molecule has 1 aliphatic rings. The molecule has 124 valence electrons. The van der Waals surface area contributed by atoms with Crippen LogP contribution < -0.4 is 11.5 Å². The Morgan fingerprint density at radius 2 is 2.36 bits per heavy atom. The molecule has 0 aliphatic carbocycles. The van der Waals surface area contributed by atoms with Crippen LogP contribution >= 0.6 is 0 Å². The Bertz CT molecular complexity index is 506. The number of nitrogens with two attached hydrogens (primary N) is 2. The van der Waals surface area contributed by atoms with Gasteiger partial charge in [0, 0.05) is 12.8 Å². The zero-order valence-electron chi connectivity index (χ0n) is 12.3. The van der Waals surface area contributed by atoms with E-state index in [4.69, 9.17) is 20.9 Å². The quantitative estimate of drug-likeness (QED) is 0.311. The maximum Gasteiger partial charge on any atom is 0.268 e. The van der Waals surface area contributed by atoms with Crippen molar-refractivity contribution in [1.29, 1.82) is 0 Å². The van der Waals surface area contributed by atoms with E-state index in [2.05, 4.69) is 9.97 Å². The van der Waals surface area contributed by atoms with E-state index in [1.54, 1.807) is 0 Å². The maximum absolute atomic E-state index is 11.1. The number of hydrogen-bond acceptors (Lipinski definition) is 7. The van der Waals surface area contributed by atoms with Gasteiger partial charge >= 0.3 is 0 Å². The van der Waals surface area contributed by atoms with Crippen LogP contribution in [-0.2, 0) is 9.47 Å². The molecular formula is C13H22N4O5. The number of ether oxygens (including phenoxy) is 2. The van der Waals surface area contributed by atoms with Crippen molar-refractivity contribution in [3.8, 4) is 0 Å². The van der Waals surface area contributed by atoms with E-state index in [1.807, 2.05) is 6.92 Å². The fraction of sp³-hybridized carbons (Fsp3) is 0.692. The number of aromatic nitrogens is 2. The summed E-state index contributed by atoms with van der Waals surface area (Å²) in [7, 11) is 0. The summed E-state index contributed by atoms with van der Waals surface area (Å²) in [5, 5.41) is 19.7. The van der Waals surface area contributed by atoms with Crippen LogP contribution in [0, 0.1) is 0 Å². The van der Waals surface area contributed by atoms with E-state index in [-0.39, 0.29) is 11.5 Å². The highest BCUT2D eigenvalue weighted by molar-refractivity contribution is 5.90. The van der Waals surface area contributed by atoms with Gasteiger partial charge in [-0.25, -0.2) is 4.98 Å². The van der Waals surface area contributed by atoms with Gasteiger partial charge in [-0.05, 0) is 6.42 Å². The lowest BCUT2D eigenvalue weighted by atomic mass is 10.1. The summed E-state index contributed by atoms with van der Waals surface area (Å²) in [4.78, 5) is 17.9. The topological polar surface area (TPSA) is 157 Å². The second-order valence-corrected chi connectivity index (χ2v) is 5.23. The molecule has 1 aromatic rings. The second-order valence-electron chi connectivity index (χ2n) is 5.23. The van der Waals surface area contributed by atoms with Gasteiger partial charge < -0.3 is 36.1 Å². The number of amides is 1. The van der Waals surface area contributed by atoms with Crippen molar-refractivity contribution in [2.45, 2.75) is 50.4 Å². The molecule has 0 bridgehead atoms. The van der Waals surface area contributed by atoms with Gasteiger partial charge in [0.25, 0.3) is 5.91 Å². The molecule has 1 fully saturated rings. The Hall–Kier alpha value is -1.52. The largest absolute Gasteiger partial charge is 0.387 e. The van der Waals surface area contributed by atoms with Crippen molar-refractivity contribution in [2.75, 3.05) is 6.61 Å². The molecule has 1 aliphatic heterocycles. The zero-order chi connectivity index (χ0) is 16.3. The molecule has 7 N–H and O–H groups in total. The van der Waals surface area contributed by atoms with Crippen LogP contribution in [0.25, 0.3) is 0 Å². The van der Waals surface area contributed by atoms with Gasteiger partial charge in [0.05, 0.1) is 0 Å². The summed E-state index contributed by atoms with van der Waals surface area (Å²) in [6, 6.07) is 0. The fourth-order valence-corrected chi connectivity index (χ4v) is 2.35. The first-order valence-electron chi connectivity index (χ1n) is 7.19. The summed E-state index contributed by atoms with van der Waals surface area (Å²) in [6.45, 7) is 2.44. The predicted molar refractivity (Wildman–Crippen MR) is 75.6 cm³/mol. The molecule has 2 heterocycles. The molecule has 1 amide bonds. The minimum Gasteiger partial charge on any atom is -0.387 e. The average molecular weight is 314 g/mol.